The van der Waals surface area contributed by atoms with E-state index in [9.17, 15) is 8.78 Å². The van der Waals surface area contributed by atoms with E-state index < -0.39 is 5.92 Å². The van der Waals surface area contributed by atoms with Crippen LogP contribution in [0.1, 0.15) is 12.5 Å². The Balaban J connectivity index is 2.12. The van der Waals surface area contributed by atoms with Crippen LogP contribution in [0.5, 0.6) is 0 Å². The molecule has 1 aliphatic rings. The fourth-order valence-corrected chi connectivity index (χ4v) is 1.73. The summed E-state index contributed by atoms with van der Waals surface area (Å²) in [5.74, 6) is -2.04. The van der Waals surface area contributed by atoms with Gasteiger partial charge >= 0.3 is 0 Å². The number of pyridine rings is 1. The quantitative estimate of drug-likeness (QED) is 0.831. The van der Waals surface area contributed by atoms with E-state index in [0.717, 1.165) is 38.9 Å². The first-order valence-electron chi connectivity index (χ1n) is 5.37. The second kappa shape index (κ2) is 4.33. The summed E-state index contributed by atoms with van der Waals surface area (Å²) in [5, 5.41) is 3.23. The van der Waals surface area contributed by atoms with E-state index in [2.05, 4.69) is 15.2 Å². The minimum Gasteiger partial charge on any atom is -0.354 e. The van der Waals surface area contributed by atoms with Gasteiger partial charge in [-0.2, -0.15) is 0 Å². The summed E-state index contributed by atoms with van der Waals surface area (Å²) in [5.41, 5.74) is -0.0358. The molecule has 0 aromatic carbocycles. The highest BCUT2D eigenvalue weighted by Crippen LogP contribution is 2.27. The molecule has 5 heteroatoms. The van der Waals surface area contributed by atoms with Gasteiger partial charge in [0.2, 0.25) is 0 Å². The molecule has 0 spiro atoms. The van der Waals surface area contributed by atoms with E-state index in [4.69, 9.17) is 0 Å². The van der Waals surface area contributed by atoms with Gasteiger partial charge < -0.3 is 10.2 Å². The van der Waals surface area contributed by atoms with Crippen molar-refractivity contribution in [3.63, 3.8) is 0 Å². The van der Waals surface area contributed by atoms with Crippen molar-refractivity contribution >= 4 is 5.82 Å². The predicted octanol–water partition coefficient (Wildman–Crippen LogP) is 1.60. The zero-order chi connectivity index (χ0) is 11.6. The second-order valence-corrected chi connectivity index (χ2v) is 4.03. The fourth-order valence-electron chi connectivity index (χ4n) is 1.73. The standard InChI is InChI=1S/C11H15F2N3/c1-11(12,13)9-2-3-10(15-8-9)16-6-4-14-5-7-16/h2-3,8,14H,4-7H2,1H3. The van der Waals surface area contributed by atoms with Gasteiger partial charge in [-0.1, -0.05) is 0 Å². The van der Waals surface area contributed by atoms with Crippen LogP contribution in [0.2, 0.25) is 0 Å². The molecule has 0 bridgehead atoms. The van der Waals surface area contributed by atoms with E-state index in [0.29, 0.717) is 0 Å². The third-order valence-corrected chi connectivity index (χ3v) is 2.70. The van der Waals surface area contributed by atoms with Crippen LogP contribution in [-0.4, -0.2) is 31.2 Å². The molecule has 88 valence electrons. The third-order valence-electron chi connectivity index (χ3n) is 2.70. The molecule has 1 saturated heterocycles. The van der Waals surface area contributed by atoms with Crippen molar-refractivity contribution in [2.45, 2.75) is 12.8 Å². The molecule has 0 amide bonds. The number of piperazine rings is 1. The second-order valence-electron chi connectivity index (χ2n) is 4.03. The van der Waals surface area contributed by atoms with E-state index in [1.54, 1.807) is 6.07 Å². The lowest BCUT2D eigenvalue weighted by Crippen LogP contribution is -2.43. The smallest absolute Gasteiger partial charge is 0.272 e. The van der Waals surface area contributed by atoms with Gasteiger partial charge in [0.05, 0.1) is 0 Å². The van der Waals surface area contributed by atoms with Gasteiger partial charge in [-0.15, -0.1) is 0 Å². The summed E-state index contributed by atoms with van der Waals surface area (Å²) in [6, 6.07) is 3.11. The molecular formula is C11H15F2N3. The molecule has 1 N–H and O–H groups in total. The first-order valence-corrected chi connectivity index (χ1v) is 5.37. The Bertz CT molecular complexity index is 339. The van der Waals surface area contributed by atoms with Gasteiger partial charge in [0.15, 0.2) is 0 Å². The minimum absolute atomic E-state index is 0.0358. The molecule has 0 saturated carbocycles. The molecule has 1 fully saturated rings. The highest BCUT2D eigenvalue weighted by atomic mass is 19.3. The van der Waals surface area contributed by atoms with Crippen molar-refractivity contribution in [2.24, 2.45) is 0 Å². The number of aromatic nitrogens is 1. The summed E-state index contributed by atoms with van der Waals surface area (Å²) >= 11 is 0. The molecule has 3 nitrogen and oxygen atoms in total. The Kier molecular flexibility index (Phi) is 3.05. The minimum atomic E-state index is -2.81. The van der Waals surface area contributed by atoms with Crippen LogP contribution in [0.3, 0.4) is 0 Å². The van der Waals surface area contributed by atoms with Crippen LogP contribution in [0, 0.1) is 0 Å². The Hall–Kier alpha value is -1.23. The lowest BCUT2D eigenvalue weighted by atomic mass is 10.2. The number of nitrogens with zero attached hydrogens (tertiary/aromatic N) is 2. The lowest BCUT2D eigenvalue weighted by Gasteiger charge is -2.28. The molecule has 1 aromatic heterocycles. The van der Waals surface area contributed by atoms with Gasteiger partial charge in [-0.3, -0.25) is 0 Å². The van der Waals surface area contributed by atoms with Crippen LogP contribution >= 0.6 is 0 Å². The van der Waals surface area contributed by atoms with Gasteiger partial charge in [0.25, 0.3) is 5.92 Å². The summed E-state index contributed by atoms with van der Waals surface area (Å²) in [6.07, 6.45) is 1.26. The number of nitrogens with one attached hydrogen (secondary N) is 1. The Morgan fingerprint density at radius 3 is 2.50 bits per heavy atom. The van der Waals surface area contributed by atoms with E-state index >= 15 is 0 Å². The van der Waals surface area contributed by atoms with Gasteiger partial charge in [0.1, 0.15) is 5.82 Å². The number of anilines is 1. The van der Waals surface area contributed by atoms with Crippen LogP contribution < -0.4 is 10.2 Å². The summed E-state index contributed by atoms with van der Waals surface area (Å²) in [6.45, 7) is 4.44. The maximum Gasteiger partial charge on any atom is 0.272 e. The van der Waals surface area contributed by atoms with Crippen molar-refractivity contribution in [3.8, 4) is 0 Å². The maximum absolute atomic E-state index is 13.0. The van der Waals surface area contributed by atoms with Crippen molar-refractivity contribution in [1.29, 1.82) is 0 Å². The van der Waals surface area contributed by atoms with Crippen molar-refractivity contribution in [3.05, 3.63) is 23.9 Å². The van der Waals surface area contributed by atoms with Crippen LogP contribution in [0.15, 0.2) is 18.3 Å². The SMILES string of the molecule is CC(F)(F)c1ccc(N2CCNCC2)nc1. The summed E-state index contributed by atoms with van der Waals surface area (Å²) in [7, 11) is 0. The van der Waals surface area contributed by atoms with Crippen LogP contribution in [0.25, 0.3) is 0 Å². The summed E-state index contributed by atoms with van der Waals surface area (Å²) < 4.78 is 25.9. The van der Waals surface area contributed by atoms with Crippen molar-refractivity contribution < 1.29 is 8.78 Å². The fraction of sp³-hybridized carbons (Fsp3) is 0.545. The lowest BCUT2D eigenvalue weighted by molar-refractivity contribution is 0.0171. The zero-order valence-electron chi connectivity index (χ0n) is 9.21. The Morgan fingerprint density at radius 1 is 1.31 bits per heavy atom. The summed E-state index contributed by atoms with van der Waals surface area (Å²) in [4.78, 5) is 6.18. The monoisotopic (exact) mass is 227 g/mol. The maximum atomic E-state index is 13.0. The van der Waals surface area contributed by atoms with Crippen molar-refractivity contribution in [1.82, 2.24) is 10.3 Å². The van der Waals surface area contributed by atoms with Crippen LogP contribution in [-0.2, 0) is 5.92 Å². The molecule has 1 aliphatic heterocycles. The van der Waals surface area contributed by atoms with Crippen LogP contribution in [0.4, 0.5) is 14.6 Å². The number of halogens is 2. The predicted molar refractivity (Wildman–Crippen MR) is 58.9 cm³/mol. The molecule has 16 heavy (non-hydrogen) atoms. The first-order chi connectivity index (χ1) is 7.57. The largest absolute Gasteiger partial charge is 0.354 e. The average molecular weight is 227 g/mol. The van der Waals surface area contributed by atoms with Gasteiger partial charge in [-0.05, 0) is 12.1 Å². The number of hydrogen-bond acceptors (Lipinski definition) is 3. The highest BCUT2D eigenvalue weighted by molar-refractivity contribution is 5.40. The number of hydrogen-bond donors (Lipinski definition) is 1. The molecular weight excluding hydrogens is 212 g/mol. The van der Waals surface area contributed by atoms with Crippen molar-refractivity contribution in [2.75, 3.05) is 31.1 Å². The van der Waals surface area contributed by atoms with Gasteiger partial charge in [0, 0.05) is 44.9 Å². The Labute approximate surface area is 93.5 Å². The number of alkyl halides is 2. The topological polar surface area (TPSA) is 28.2 Å². The molecule has 2 rings (SSSR count). The Morgan fingerprint density at radius 2 is 2.00 bits per heavy atom. The third kappa shape index (κ3) is 2.47. The normalized spacial score (nSPS) is 17.6. The molecule has 0 radical (unpaired) electrons. The molecule has 0 unspecified atom stereocenters. The van der Waals surface area contributed by atoms with Gasteiger partial charge in [-0.25, -0.2) is 13.8 Å². The molecule has 0 aliphatic carbocycles. The average Bonchev–Trinajstić information content (AvgIpc) is 2.29. The molecule has 1 aromatic rings. The van der Waals surface area contributed by atoms with E-state index in [1.165, 1.54) is 12.3 Å². The first kappa shape index (κ1) is 11.3. The highest BCUT2D eigenvalue weighted by Gasteiger charge is 2.24. The van der Waals surface area contributed by atoms with E-state index in [1.807, 2.05) is 0 Å². The zero-order valence-corrected chi connectivity index (χ0v) is 9.21. The van der Waals surface area contributed by atoms with E-state index in [-0.39, 0.29) is 5.56 Å². The molecule has 2 heterocycles. The molecule has 0 atom stereocenters. The number of rotatable bonds is 2.